The second-order valence-electron chi connectivity index (χ2n) is 5.45. The van der Waals surface area contributed by atoms with Crippen LogP contribution in [0.3, 0.4) is 0 Å². The van der Waals surface area contributed by atoms with Crippen molar-refractivity contribution < 1.29 is 4.74 Å². The molecule has 0 aromatic heterocycles. The normalized spacial score (nSPS) is 12.0. The molecular formula is C18H24N2O. The minimum absolute atomic E-state index is 0.189. The number of hydrogen-bond acceptors (Lipinski definition) is 3. The molecular weight excluding hydrogens is 260 g/mol. The summed E-state index contributed by atoms with van der Waals surface area (Å²) in [5.41, 5.74) is 3.66. The van der Waals surface area contributed by atoms with Gasteiger partial charge < -0.3 is 15.0 Å². The molecule has 0 spiro atoms. The van der Waals surface area contributed by atoms with Gasteiger partial charge in [-0.25, -0.2) is 0 Å². The Kier molecular flexibility index (Phi) is 5.23. The van der Waals surface area contributed by atoms with E-state index in [9.17, 15) is 0 Å². The van der Waals surface area contributed by atoms with Crippen molar-refractivity contribution >= 4 is 5.69 Å². The Morgan fingerprint density at radius 2 is 1.81 bits per heavy atom. The maximum Gasteiger partial charge on any atom is 0.121 e. The minimum Gasteiger partial charge on any atom is -0.492 e. The molecule has 112 valence electrons. The number of anilines is 1. The highest BCUT2D eigenvalue weighted by Crippen LogP contribution is 2.21. The molecule has 3 nitrogen and oxygen atoms in total. The predicted octanol–water partition coefficient (Wildman–Crippen LogP) is 3.40. The molecule has 0 saturated heterocycles. The van der Waals surface area contributed by atoms with Gasteiger partial charge in [0.2, 0.25) is 0 Å². The van der Waals surface area contributed by atoms with E-state index in [-0.39, 0.29) is 6.04 Å². The van der Waals surface area contributed by atoms with Gasteiger partial charge in [-0.15, -0.1) is 0 Å². The minimum atomic E-state index is 0.189. The zero-order valence-corrected chi connectivity index (χ0v) is 13.3. The van der Waals surface area contributed by atoms with Gasteiger partial charge in [0.05, 0.1) is 6.04 Å². The lowest BCUT2D eigenvalue weighted by molar-refractivity contribution is 0.273. The van der Waals surface area contributed by atoms with Gasteiger partial charge in [-0.05, 0) is 31.7 Å². The Labute approximate surface area is 127 Å². The van der Waals surface area contributed by atoms with Crippen LogP contribution in [0.1, 0.15) is 17.2 Å². The van der Waals surface area contributed by atoms with Crippen molar-refractivity contribution in [1.82, 2.24) is 5.32 Å². The van der Waals surface area contributed by atoms with E-state index in [0.29, 0.717) is 6.61 Å². The van der Waals surface area contributed by atoms with Gasteiger partial charge >= 0.3 is 0 Å². The zero-order valence-electron chi connectivity index (χ0n) is 13.3. The van der Waals surface area contributed by atoms with Crippen LogP contribution in [0.4, 0.5) is 5.69 Å². The summed E-state index contributed by atoms with van der Waals surface area (Å²) in [5.74, 6) is 0.897. The number of hydrogen-bond donors (Lipinski definition) is 1. The van der Waals surface area contributed by atoms with Crippen LogP contribution in [-0.2, 0) is 0 Å². The Balaban J connectivity index is 2.03. The summed E-state index contributed by atoms with van der Waals surface area (Å²) in [4.78, 5) is 2.07. The van der Waals surface area contributed by atoms with Gasteiger partial charge in [0.1, 0.15) is 12.4 Å². The molecule has 0 saturated carbocycles. The van der Waals surface area contributed by atoms with Gasteiger partial charge in [0.15, 0.2) is 0 Å². The van der Waals surface area contributed by atoms with E-state index in [1.54, 1.807) is 0 Å². The van der Waals surface area contributed by atoms with Crippen LogP contribution < -0.4 is 15.0 Å². The SMILES string of the molecule is CNC(COc1cccc(N(C)C)c1)c1ccc(C)cc1. The first-order chi connectivity index (χ1) is 10.1. The zero-order chi connectivity index (χ0) is 15.2. The second-order valence-corrected chi connectivity index (χ2v) is 5.45. The number of ether oxygens (including phenoxy) is 1. The van der Waals surface area contributed by atoms with Crippen LogP contribution in [0.25, 0.3) is 0 Å². The predicted molar refractivity (Wildman–Crippen MR) is 89.2 cm³/mol. The Bertz CT molecular complexity index is 564. The molecule has 0 aliphatic carbocycles. The second kappa shape index (κ2) is 7.14. The van der Waals surface area contributed by atoms with Crippen LogP contribution >= 0.6 is 0 Å². The van der Waals surface area contributed by atoms with E-state index in [0.717, 1.165) is 11.4 Å². The molecule has 0 radical (unpaired) electrons. The Hall–Kier alpha value is -2.00. The topological polar surface area (TPSA) is 24.5 Å². The van der Waals surface area contributed by atoms with Crippen molar-refractivity contribution in [1.29, 1.82) is 0 Å². The quantitative estimate of drug-likeness (QED) is 0.880. The number of nitrogens with one attached hydrogen (secondary N) is 1. The van der Waals surface area contributed by atoms with Crippen molar-refractivity contribution in [3.63, 3.8) is 0 Å². The van der Waals surface area contributed by atoms with E-state index in [4.69, 9.17) is 4.74 Å². The molecule has 2 aromatic carbocycles. The number of likely N-dealkylation sites (N-methyl/N-ethyl adjacent to an activating group) is 1. The van der Waals surface area contributed by atoms with Gasteiger partial charge in [0.25, 0.3) is 0 Å². The fourth-order valence-electron chi connectivity index (χ4n) is 2.18. The molecule has 0 bridgehead atoms. The molecule has 2 rings (SSSR count). The van der Waals surface area contributed by atoms with Gasteiger partial charge in [-0.3, -0.25) is 0 Å². The fourth-order valence-corrected chi connectivity index (χ4v) is 2.18. The molecule has 3 heteroatoms. The fraction of sp³-hybridized carbons (Fsp3) is 0.333. The average Bonchev–Trinajstić information content (AvgIpc) is 2.50. The van der Waals surface area contributed by atoms with Gasteiger partial charge in [0, 0.05) is 25.8 Å². The van der Waals surface area contributed by atoms with E-state index < -0.39 is 0 Å². The largest absolute Gasteiger partial charge is 0.492 e. The number of rotatable bonds is 6. The van der Waals surface area contributed by atoms with Crippen LogP contribution in [-0.4, -0.2) is 27.7 Å². The van der Waals surface area contributed by atoms with Gasteiger partial charge in [-0.1, -0.05) is 35.9 Å². The number of nitrogens with zero attached hydrogens (tertiary/aromatic N) is 1. The smallest absolute Gasteiger partial charge is 0.121 e. The average molecular weight is 284 g/mol. The molecule has 0 heterocycles. The maximum absolute atomic E-state index is 5.95. The van der Waals surface area contributed by atoms with Crippen molar-refractivity contribution in [3.8, 4) is 5.75 Å². The van der Waals surface area contributed by atoms with E-state index in [1.165, 1.54) is 11.1 Å². The van der Waals surface area contributed by atoms with Gasteiger partial charge in [-0.2, -0.15) is 0 Å². The Morgan fingerprint density at radius 1 is 1.10 bits per heavy atom. The lowest BCUT2D eigenvalue weighted by Gasteiger charge is -2.19. The molecule has 0 amide bonds. The summed E-state index contributed by atoms with van der Waals surface area (Å²) < 4.78 is 5.95. The lowest BCUT2D eigenvalue weighted by Crippen LogP contribution is -2.23. The first kappa shape index (κ1) is 15.4. The highest BCUT2D eigenvalue weighted by atomic mass is 16.5. The number of benzene rings is 2. The van der Waals surface area contributed by atoms with E-state index in [2.05, 4.69) is 53.5 Å². The first-order valence-electron chi connectivity index (χ1n) is 7.24. The third-order valence-electron chi connectivity index (χ3n) is 3.58. The van der Waals surface area contributed by atoms with Crippen molar-refractivity contribution in [3.05, 3.63) is 59.7 Å². The molecule has 0 aliphatic rings. The lowest BCUT2D eigenvalue weighted by atomic mass is 10.1. The van der Waals surface area contributed by atoms with Crippen LogP contribution in [0, 0.1) is 6.92 Å². The molecule has 2 aromatic rings. The molecule has 1 unspecified atom stereocenters. The summed E-state index contributed by atoms with van der Waals surface area (Å²) in [6.07, 6.45) is 0. The standard InChI is InChI=1S/C18H24N2O/c1-14-8-10-15(11-9-14)18(19-2)13-21-17-7-5-6-16(12-17)20(3)4/h5-12,18-19H,13H2,1-4H3. The molecule has 21 heavy (non-hydrogen) atoms. The highest BCUT2D eigenvalue weighted by Gasteiger charge is 2.10. The summed E-state index contributed by atoms with van der Waals surface area (Å²) in [7, 11) is 6.02. The summed E-state index contributed by atoms with van der Waals surface area (Å²) >= 11 is 0. The van der Waals surface area contributed by atoms with Crippen LogP contribution in [0.15, 0.2) is 48.5 Å². The maximum atomic E-state index is 5.95. The number of aryl methyl sites for hydroxylation is 1. The summed E-state index contributed by atoms with van der Waals surface area (Å²) in [5, 5.41) is 3.31. The van der Waals surface area contributed by atoms with Crippen molar-refractivity contribution in [2.45, 2.75) is 13.0 Å². The van der Waals surface area contributed by atoms with E-state index >= 15 is 0 Å². The highest BCUT2D eigenvalue weighted by molar-refractivity contribution is 5.49. The molecule has 1 N–H and O–H groups in total. The molecule has 0 aliphatic heterocycles. The van der Waals surface area contributed by atoms with Crippen molar-refractivity contribution in [2.24, 2.45) is 0 Å². The monoisotopic (exact) mass is 284 g/mol. The van der Waals surface area contributed by atoms with E-state index in [1.807, 2.05) is 33.3 Å². The first-order valence-corrected chi connectivity index (χ1v) is 7.24. The third-order valence-corrected chi connectivity index (χ3v) is 3.58. The third kappa shape index (κ3) is 4.23. The Morgan fingerprint density at radius 3 is 2.43 bits per heavy atom. The van der Waals surface area contributed by atoms with Crippen LogP contribution in [0.5, 0.6) is 5.75 Å². The van der Waals surface area contributed by atoms with Crippen molar-refractivity contribution in [2.75, 3.05) is 32.6 Å². The summed E-state index contributed by atoms with van der Waals surface area (Å²) in [6.45, 7) is 2.71. The molecule has 0 fully saturated rings. The summed E-state index contributed by atoms with van der Waals surface area (Å²) in [6, 6.07) is 16.9. The molecule has 1 atom stereocenters. The van der Waals surface area contributed by atoms with Crippen LogP contribution in [0.2, 0.25) is 0 Å².